The van der Waals surface area contributed by atoms with Crippen molar-refractivity contribution in [2.75, 3.05) is 19.7 Å². The minimum Gasteiger partial charge on any atom is -0.369 e. The minimum atomic E-state index is -0.370. The van der Waals surface area contributed by atoms with Crippen LogP contribution in [0.4, 0.5) is 0 Å². The van der Waals surface area contributed by atoms with Crippen LogP contribution < -0.4 is 10.6 Å². The van der Waals surface area contributed by atoms with Crippen LogP contribution in [0.2, 0.25) is 0 Å². The number of carbonyl (C=O) groups excluding carboxylic acids is 3. The van der Waals surface area contributed by atoms with E-state index in [9.17, 15) is 14.4 Å². The van der Waals surface area contributed by atoms with Gasteiger partial charge in [0, 0.05) is 42.5 Å². The second kappa shape index (κ2) is 8.20. The summed E-state index contributed by atoms with van der Waals surface area (Å²) in [6, 6.07) is 5.55. The van der Waals surface area contributed by atoms with Crippen molar-refractivity contribution in [2.45, 2.75) is 56.2 Å². The molecule has 1 aromatic carbocycles. The molecule has 3 aliphatic heterocycles. The van der Waals surface area contributed by atoms with Gasteiger partial charge in [-0.2, -0.15) is 4.37 Å². The van der Waals surface area contributed by atoms with E-state index in [0.717, 1.165) is 29.3 Å². The van der Waals surface area contributed by atoms with Crippen molar-refractivity contribution < 1.29 is 19.1 Å². The van der Waals surface area contributed by atoms with E-state index >= 15 is 0 Å². The van der Waals surface area contributed by atoms with Gasteiger partial charge in [0.15, 0.2) is 0 Å². The predicted molar refractivity (Wildman–Crippen MR) is 116 cm³/mol. The molecule has 3 amide bonds. The second-order valence-corrected chi connectivity index (χ2v) is 9.71. The van der Waals surface area contributed by atoms with E-state index in [1.807, 2.05) is 18.2 Å². The summed E-state index contributed by atoms with van der Waals surface area (Å²) in [6.07, 6.45) is 5.98. The number of hydrogen-bond donors (Lipinski definition) is 2. The van der Waals surface area contributed by atoms with Crippen LogP contribution in [0.25, 0.3) is 10.1 Å². The highest BCUT2D eigenvalue weighted by atomic mass is 32.1. The molecule has 0 aliphatic carbocycles. The van der Waals surface area contributed by atoms with E-state index in [-0.39, 0.29) is 35.4 Å². The molecule has 2 aromatic rings. The number of nitrogens with one attached hydrogen (secondary N) is 2. The first-order chi connectivity index (χ1) is 15.0. The SMILES string of the molecule is O=C1CCCCC(CC(=O)NC2COC3(C2)CN(C(=O)c2cccc4sncc24)C3)N1. The molecule has 3 fully saturated rings. The third-order valence-electron chi connectivity index (χ3n) is 6.45. The number of fused-ring (bicyclic) bond motifs is 1. The maximum absolute atomic E-state index is 13.0. The highest BCUT2D eigenvalue weighted by molar-refractivity contribution is 7.13. The largest absolute Gasteiger partial charge is 0.369 e. The van der Waals surface area contributed by atoms with Crippen LogP contribution in [-0.4, -0.2) is 64.4 Å². The fourth-order valence-corrected chi connectivity index (χ4v) is 5.58. The summed E-state index contributed by atoms with van der Waals surface area (Å²) in [5.41, 5.74) is 0.305. The predicted octanol–water partition coefficient (Wildman–Crippen LogP) is 1.84. The Labute approximate surface area is 184 Å². The molecule has 2 unspecified atom stereocenters. The summed E-state index contributed by atoms with van der Waals surface area (Å²) in [6.45, 7) is 1.52. The van der Waals surface area contributed by atoms with Gasteiger partial charge in [0.05, 0.1) is 30.4 Å². The van der Waals surface area contributed by atoms with Crippen LogP contribution in [-0.2, 0) is 14.3 Å². The monoisotopic (exact) mass is 442 g/mol. The Morgan fingerprint density at radius 3 is 3.06 bits per heavy atom. The molecule has 5 rings (SSSR count). The van der Waals surface area contributed by atoms with E-state index in [4.69, 9.17) is 4.74 Å². The number of aromatic nitrogens is 1. The summed E-state index contributed by atoms with van der Waals surface area (Å²) in [7, 11) is 0. The Bertz CT molecular complexity index is 1020. The van der Waals surface area contributed by atoms with Crippen molar-refractivity contribution in [3.05, 3.63) is 30.0 Å². The first kappa shape index (κ1) is 20.4. The highest BCUT2D eigenvalue weighted by Gasteiger charge is 2.51. The van der Waals surface area contributed by atoms with Crippen LogP contribution >= 0.6 is 11.5 Å². The molecule has 31 heavy (non-hydrogen) atoms. The van der Waals surface area contributed by atoms with Gasteiger partial charge in [-0.25, -0.2) is 0 Å². The van der Waals surface area contributed by atoms with Gasteiger partial charge in [-0.1, -0.05) is 12.5 Å². The van der Waals surface area contributed by atoms with Crippen LogP contribution in [0.15, 0.2) is 24.4 Å². The van der Waals surface area contributed by atoms with Crippen LogP contribution in [0.1, 0.15) is 48.9 Å². The molecule has 0 bridgehead atoms. The third-order valence-corrected chi connectivity index (χ3v) is 7.22. The number of likely N-dealkylation sites (tertiary alicyclic amines) is 1. The fraction of sp³-hybridized carbons (Fsp3) is 0.545. The van der Waals surface area contributed by atoms with Gasteiger partial charge in [0.25, 0.3) is 5.91 Å². The van der Waals surface area contributed by atoms with E-state index in [2.05, 4.69) is 15.0 Å². The molecule has 0 radical (unpaired) electrons. The smallest absolute Gasteiger partial charge is 0.254 e. The zero-order valence-corrected chi connectivity index (χ0v) is 18.1. The molecule has 2 N–H and O–H groups in total. The fourth-order valence-electron chi connectivity index (χ4n) is 4.91. The van der Waals surface area contributed by atoms with Gasteiger partial charge in [0.1, 0.15) is 5.60 Å². The Kier molecular flexibility index (Phi) is 5.39. The number of rotatable bonds is 4. The maximum Gasteiger partial charge on any atom is 0.254 e. The molecule has 3 saturated heterocycles. The first-order valence-corrected chi connectivity index (χ1v) is 11.6. The lowest BCUT2D eigenvalue weighted by Crippen LogP contribution is -2.63. The van der Waals surface area contributed by atoms with E-state index in [0.29, 0.717) is 44.5 Å². The third kappa shape index (κ3) is 4.16. The van der Waals surface area contributed by atoms with Crippen molar-refractivity contribution in [1.29, 1.82) is 0 Å². The average Bonchev–Trinajstić information content (AvgIpc) is 3.31. The summed E-state index contributed by atoms with van der Waals surface area (Å²) >= 11 is 1.39. The second-order valence-electron chi connectivity index (χ2n) is 8.88. The molecule has 1 aromatic heterocycles. The lowest BCUT2D eigenvalue weighted by molar-refractivity contribution is -0.123. The summed E-state index contributed by atoms with van der Waals surface area (Å²) < 4.78 is 11.2. The Hall–Kier alpha value is -2.52. The van der Waals surface area contributed by atoms with Crippen molar-refractivity contribution in [1.82, 2.24) is 19.9 Å². The Morgan fingerprint density at radius 1 is 1.32 bits per heavy atom. The van der Waals surface area contributed by atoms with E-state index in [1.54, 1.807) is 11.1 Å². The maximum atomic E-state index is 13.0. The molecule has 1 spiro atoms. The molecular weight excluding hydrogens is 416 g/mol. The normalized spacial score (nSPS) is 25.2. The topological polar surface area (TPSA) is 101 Å². The van der Waals surface area contributed by atoms with Crippen LogP contribution in [0, 0.1) is 0 Å². The lowest BCUT2D eigenvalue weighted by Gasteiger charge is -2.47. The van der Waals surface area contributed by atoms with Crippen LogP contribution in [0.3, 0.4) is 0 Å². The van der Waals surface area contributed by atoms with Gasteiger partial charge in [-0.15, -0.1) is 0 Å². The van der Waals surface area contributed by atoms with Gasteiger partial charge in [-0.05, 0) is 36.5 Å². The minimum absolute atomic E-state index is 0.00313. The quantitative estimate of drug-likeness (QED) is 0.753. The summed E-state index contributed by atoms with van der Waals surface area (Å²) in [5, 5.41) is 6.88. The molecule has 9 heteroatoms. The van der Waals surface area contributed by atoms with E-state index in [1.165, 1.54) is 11.5 Å². The highest BCUT2D eigenvalue weighted by Crippen LogP contribution is 2.36. The van der Waals surface area contributed by atoms with Gasteiger partial charge < -0.3 is 20.3 Å². The van der Waals surface area contributed by atoms with Crippen molar-refractivity contribution >= 4 is 39.3 Å². The van der Waals surface area contributed by atoms with Gasteiger partial charge in [-0.3, -0.25) is 14.4 Å². The Balaban J connectivity index is 1.13. The number of amides is 3. The Morgan fingerprint density at radius 2 is 2.19 bits per heavy atom. The molecule has 4 heterocycles. The number of ether oxygens (including phenoxy) is 1. The zero-order chi connectivity index (χ0) is 21.4. The number of nitrogens with zero attached hydrogens (tertiary/aromatic N) is 2. The van der Waals surface area contributed by atoms with Crippen molar-refractivity contribution in [2.24, 2.45) is 0 Å². The lowest BCUT2D eigenvalue weighted by atomic mass is 9.88. The molecule has 0 saturated carbocycles. The first-order valence-electron chi connectivity index (χ1n) is 10.9. The standard InChI is InChI=1S/C22H26N4O4S/c27-19-7-2-1-4-14(24-19)8-20(28)25-15-9-22(30-11-15)12-26(13-22)21(29)16-5-3-6-18-17(16)10-23-31-18/h3,5-6,10,14-15H,1-2,4,7-9,11-13H2,(H,24,27)(H,25,28). The van der Waals surface area contributed by atoms with Gasteiger partial charge >= 0.3 is 0 Å². The number of benzene rings is 1. The number of carbonyl (C=O) groups is 3. The van der Waals surface area contributed by atoms with E-state index < -0.39 is 0 Å². The molecule has 2 atom stereocenters. The summed E-state index contributed by atoms with van der Waals surface area (Å²) in [5.74, 6) is -0.0232. The van der Waals surface area contributed by atoms with Crippen LogP contribution in [0.5, 0.6) is 0 Å². The molecule has 3 aliphatic rings. The summed E-state index contributed by atoms with van der Waals surface area (Å²) in [4.78, 5) is 38.9. The van der Waals surface area contributed by atoms with Crippen molar-refractivity contribution in [3.8, 4) is 0 Å². The zero-order valence-electron chi connectivity index (χ0n) is 17.3. The average molecular weight is 443 g/mol. The molecular formula is C22H26N4O4S. The van der Waals surface area contributed by atoms with Crippen molar-refractivity contribution in [3.63, 3.8) is 0 Å². The number of hydrogen-bond acceptors (Lipinski definition) is 6. The molecule has 164 valence electrons. The van der Waals surface area contributed by atoms with Gasteiger partial charge in [0.2, 0.25) is 11.8 Å². The molecule has 8 nitrogen and oxygen atoms in total.